The summed E-state index contributed by atoms with van der Waals surface area (Å²) in [6.07, 6.45) is -0.648. The van der Waals surface area contributed by atoms with Crippen molar-refractivity contribution in [2.45, 2.75) is 45.3 Å². The Morgan fingerprint density at radius 2 is 2.18 bits per heavy atom. The Bertz CT molecular complexity index is 147. The minimum absolute atomic E-state index is 0.139. The number of rotatable bonds is 1. The third kappa shape index (κ3) is 1.40. The van der Waals surface area contributed by atoms with Gasteiger partial charge >= 0.3 is 0 Å². The lowest BCUT2D eigenvalue weighted by Gasteiger charge is -2.18. The number of hydrogen-bond acceptors (Lipinski definition) is 2. The lowest BCUT2D eigenvalue weighted by Crippen LogP contribution is -2.34. The van der Waals surface area contributed by atoms with Crippen LogP contribution in [0.15, 0.2) is 0 Å². The van der Waals surface area contributed by atoms with Crippen molar-refractivity contribution < 1.29 is 14.2 Å². The Hall–Kier alpha value is -0.150. The number of alkyl halides is 1. The molecule has 1 aliphatic heterocycles. The Morgan fingerprint density at radius 1 is 1.64 bits per heavy atom. The maximum Gasteiger partial charge on any atom is 0.195 e. The van der Waals surface area contributed by atoms with Gasteiger partial charge < -0.3 is 9.84 Å². The Balaban J connectivity index is 2.69. The van der Waals surface area contributed by atoms with Gasteiger partial charge in [-0.15, -0.1) is 0 Å². The quantitative estimate of drug-likeness (QED) is 0.632. The van der Waals surface area contributed by atoms with E-state index in [9.17, 15) is 9.50 Å². The molecule has 0 amide bonds. The highest BCUT2D eigenvalue weighted by Gasteiger charge is 2.48. The largest absolute Gasteiger partial charge is 0.363 e. The molecule has 1 unspecified atom stereocenters. The second-order valence-electron chi connectivity index (χ2n) is 3.38. The maximum absolute atomic E-state index is 13.2. The Kier molecular flexibility index (Phi) is 2.21. The molecule has 1 rings (SSSR count). The van der Waals surface area contributed by atoms with Crippen LogP contribution in [0.2, 0.25) is 0 Å². The average molecular weight is 162 g/mol. The normalized spacial score (nSPS) is 51.5. The number of hydrogen-bond donors (Lipinski definition) is 1. The molecule has 0 aromatic rings. The van der Waals surface area contributed by atoms with E-state index in [-0.39, 0.29) is 12.0 Å². The van der Waals surface area contributed by atoms with Crippen molar-refractivity contribution in [3.63, 3.8) is 0 Å². The standard InChI is InChI=1S/C8H15FO2/c1-4-6-5(2)7(9)8(3,10)11-6/h5-7,10H,4H2,1-3H3/t5-,6-,7-,8?/m1/s1. The van der Waals surface area contributed by atoms with Crippen LogP contribution in [0.5, 0.6) is 0 Å². The highest BCUT2D eigenvalue weighted by atomic mass is 19.1. The second-order valence-corrected chi connectivity index (χ2v) is 3.38. The summed E-state index contributed by atoms with van der Waals surface area (Å²) in [7, 11) is 0. The minimum Gasteiger partial charge on any atom is -0.363 e. The van der Waals surface area contributed by atoms with Gasteiger partial charge in [-0.25, -0.2) is 4.39 Å². The SMILES string of the molecule is CC[C@H]1OC(C)(O)[C@H](F)[C@@H]1C. The van der Waals surface area contributed by atoms with Crippen LogP contribution in [0.1, 0.15) is 27.2 Å². The van der Waals surface area contributed by atoms with Crippen LogP contribution < -0.4 is 0 Å². The van der Waals surface area contributed by atoms with Gasteiger partial charge in [0.15, 0.2) is 12.0 Å². The van der Waals surface area contributed by atoms with E-state index in [1.807, 2.05) is 6.92 Å². The summed E-state index contributed by atoms with van der Waals surface area (Å²) < 4.78 is 18.3. The third-order valence-electron chi connectivity index (χ3n) is 2.35. The van der Waals surface area contributed by atoms with Crippen molar-refractivity contribution in [2.24, 2.45) is 5.92 Å². The zero-order valence-electron chi connectivity index (χ0n) is 7.17. The van der Waals surface area contributed by atoms with Crippen LogP contribution in [-0.4, -0.2) is 23.2 Å². The molecule has 1 fully saturated rings. The van der Waals surface area contributed by atoms with Gasteiger partial charge in [-0.05, 0) is 13.3 Å². The topological polar surface area (TPSA) is 29.5 Å². The zero-order chi connectivity index (χ0) is 8.65. The first kappa shape index (κ1) is 8.94. The smallest absolute Gasteiger partial charge is 0.195 e. The van der Waals surface area contributed by atoms with Crippen molar-refractivity contribution in [1.82, 2.24) is 0 Å². The van der Waals surface area contributed by atoms with E-state index >= 15 is 0 Å². The van der Waals surface area contributed by atoms with Gasteiger partial charge in [0, 0.05) is 5.92 Å². The first-order chi connectivity index (χ1) is 4.99. The van der Waals surface area contributed by atoms with Gasteiger partial charge in [0.05, 0.1) is 6.10 Å². The fourth-order valence-corrected chi connectivity index (χ4v) is 1.61. The predicted octanol–water partition coefficient (Wildman–Crippen LogP) is 1.48. The predicted molar refractivity (Wildman–Crippen MR) is 39.8 cm³/mol. The number of halogens is 1. The van der Waals surface area contributed by atoms with Crippen LogP contribution in [0, 0.1) is 5.92 Å². The molecule has 0 aliphatic carbocycles. The molecule has 4 atom stereocenters. The highest BCUT2D eigenvalue weighted by Crippen LogP contribution is 2.36. The average Bonchev–Trinajstić information content (AvgIpc) is 2.13. The van der Waals surface area contributed by atoms with E-state index in [0.717, 1.165) is 6.42 Å². The molecule has 1 saturated heterocycles. The van der Waals surface area contributed by atoms with E-state index in [4.69, 9.17) is 4.74 Å². The molecule has 1 aliphatic rings. The van der Waals surface area contributed by atoms with Crippen molar-refractivity contribution >= 4 is 0 Å². The van der Waals surface area contributed by atoms with Gasteiger partial charge in [0.1, 0.15) is 0 Å². The summed E-state index contributed by atoms with van der Waals surface area (Å²) in [5, 5.41) is 9.34. The lowest BCUT2D eigenvalue weighted by molar-refractivity contribution is -0.200. The van der Waals surface area contributed by atoms with Crippen LogP contribution >= 0.6 is 0 Å². The number of ether oxygens (including phenoxy) is 1. The van der Waals surface area contributed by atoms with Crippen molar-refractivity contribution in [3.8, 4) is 0 Å². The van der Waals surface area contributed by atoms with E-state index < -0.39 is 12.0 Å². The lowest BCUT2D eigenvalue weighted by atomic mass is 9.97. The Morgan fingerprint density at radius 3 is 2.36 bits per heavy atom. The summed E-state index contributed by atoms with van der Waals surface area (Å²) in [6, 6.07) is 0. The monoisotopic (exact) mass is 162 g/mol. The van der Waals surface area contributed by atoms with Crippen LogP contribution in [-0.2, 0) is 4.74 Å². The molecule has 11 heavy (non-hydrogen) atoms. The van der Waals surface area contributed by atoms with E-state index in [1.54, 1.807) is 6.92 Å². The van der Waals surface area contributed by atoms with Crippen LogP contribution in [0.25, 0.3) is 0 Å². The van der Waals surface area contributed by atoms with Gasteiger partial charge in [-0.1, -0.05) is 13.8 Å². The molecule has 3 heteroatoms. The fraction of sp³-hybridized carbons (Fsp3) is 1.00. The minimum atomic E-state index is -1.57. The second kappa shape index (κ2) is 2.72. The molecule has 0 saturated carbocycles. The van der Waals surface area contributed by atoms with Crippen molar-refractivity contribution in [3.05, 3.63) is 0 Å². The fourth-order valence-electron chi connectivity index (χ4n) is 1.61. The van der Waals surface area contributed by atoms with E-state index in [0.29, 0.717) is 0 Å². The molecule has 0 radical (unpaired) electrons. The third-order valence-corrected chi connectivity index (χ3v) is 2.35. The summed E-state index contributed by atoms with van der Waals surface area (Å²) in [4.78, 5) is 0. The summed E-state index contributed by atoms with van der Waals surface area (Å²) >= 11 is 0. The highest BCUT2D eigenvalue weighted by molar-refractivity contribution is 4.89. The van der Waals surface area contributed by atoms with Gasteiger partial charge in [-0.3, -0.25) is 0 Å². The summed E-state index contributed by atoms with van der Waals surface area (Å²) in [5.74, 6) is -1.77. The van der Waals surface area contributed by atoms with Gasteiger partial charge in [-0.2, -0.15) is 0 Å². The Labute approximate surface area is 66.4 Å². The molecular formula is C8H15FO2. The summed E-state index contributed by atoms with van der Waals surface area (Å²) in [5.41, 5.74) is 0. The zero-order valence-corrected chi connectivity index (χ0v) is 7.17. The molecule has 0 spiro atoms. The van der Waals surface area contributed by atoms with Gasteiger partial charge in [0.25, 0.3) is 0 Å². The van der Waals surface area contributed by atoms with Gasteiger partial charge in [0.2, 0.25) is 0 Å². The first-order valence-corrected chi connectivity index (χ1v) is 4.03. The van der Waals surface area contributed by atoms with E-state index in [1.165, 1.54) is 6.92 Å². The maximum atomic E-state index is 13.2. The number of aliphatic hydroxyl groups is 1. The molecule has 0 bridgehead atoms. The molecule has 2 nitrogen and oxygen atoms in total. The van der Waals surface area contributed by atoms with Crippen molar-refractivity contribution in [2.75, 3.05) is 0 Å². The van der Waals surface area contributed by atoms with Crippen molar-refractivity contribution in [1.29, 1.82) is 0 Å². The molecule has 66 valence electrons. The molecule has 1 heterocycles. The molecular weight excluding hydrogens is 147 g/mol. The van der Waals surface area contributed by atoms with E-state index in [2.05, 4.69) is 0 Å². The molecule has 0 aromatic carbocycles. The van der Waals surface area contributed by atoms with Crippen LogP contribution in [0.4, 0.5) is 4.39 Å². The first-order valence-electron chi connectivity index (χ1n) is 4.03. The van der Waals surface area contributed by atoms with Crippen LogP contribution in [0.3, 0.4) is 0 Å². The molecule has 1 N–H and O–H groups in total. The summed E-state index contributed by atoms with van der Waals surface area (Å²) in [6.45, 7) is 5.07. The molecule has 0 aromatic heterocycles.